The molecule has 0 bridgehead atoms. The van der Waals surface area contributed by atoms with Gasteiger partial charge >= 0.3 is 0 Å². The van der Waals surface area contributed by atoms with Crippen molar-refractivity contribution < 1.29 is 4.79 Å². The summed E-state index contributed by atoms with van der Waals surface area (Å²) in [5.74, 6) is -0.103. The molecule has 1 unspecified atom stereocenters. The summed E-state index contributed by atoms with van der Waals surface area (Å²) in [4.78, 5) is 16.8. The van der Waals surface area contributed by atoms with E-state index in [2.05, 4.69) is 26.2 Å². The van der Waals surface area contributed by atoms with Gasteiger partial charge in [0, 0.05) is 23.3 Å². The second-order valence-electron chi connectivity index (χ2n) is 3.99. The molecule has 2 heterocycles. The van der Waals surface area contributed by atoms with E-state index in [4.69, 9.17) is 0 Å². The molecule has 0 saturated heterocycles. The normalized spacial score (nSPS) is 12.5. The average molecular weight is 337 g/mol. The third kappa shape index (κ3) is 4.29. The Bertz CT molecular complexity index is 580. The molecule has 2 aromatic rings. The summed E-state index contributed by atoms with van der Waals surface area (Å²) in [6.45, 7) is 1.95. The monoisotopic (exact) mass is 336 g/mol. The summed E-state index contributed by atoms with van der Waals surface area (Å²) in [5.41, 5.74) is 1.04. The first-order valence-electron chi connectivity index (χ1n) is 5.79. The fourth-order valence-corrected chi connectivity index (χ4v) is 2.90. The van der Waals surface area contributed by atoms with Crippen LogP contribution in [0.1, 0.15) is 23.4 Å². The maximum atomic E-state index is 11.8. The summed E-state index contributed by atoms with van der Waals surface area (Å²) in [5, 5.41) is 2.91. The van der Waals surface area contributed by atoms with Gasteiger partial charge in [0.15, 0.2) is 0 Å². The number of thiophene rings is 1. The number of nitrogens with one attached hydrogen (secondary N) is 1. The number of rotatable bonds is 4. The van der Waals surface area contributed by atoms with Crippen molar-refractivity contribution in [2.75, 3.05) is 0 Å². The standard InChI is InChI=1S/C14H13BrN2OS/c1-10(11-6-8-16-9-7-11)17-14(18)5-3-12-2-4-13(15)19-12/h2-10H,1H3,(H,17,18). The molecule has 0 saturated carbocycles. The van der Waals surface area contributed by atoms with E-state index in [-0.39, 0.29) is 11.9 Å². The van der Waals surface area contributed by atoms with E-state index >= 15 is 0 Å². The van der Waals surface area contributed by atoms with E-state index in [1.807, 2.05) is 37.3 Å². The predicted molar refractivity (Wildman–Crippen MR) is 81.8 cm³/mol. The van der Waals surface area contributed by atoms with Crippen LogP contribution in [0.4, 0.5) is 0 Å². The molecule has 5 heteroatoms. The number of hydrogen-bond donors (Lipinski definition) is 1. The Hall–Kier alpha value is -1.46. The molecular formula is C14H13BrN2OS. The largest absolute Gasteiger partial charge is 0.346 e. The summed E-state index contributed by atoms with van der Waals surface area (Å²) < 4.78 is 1.05. The highest BCUT2D eigenvalue weighted by Crippen LogP contribution is 2.22. The number of aromatic nitrogens is 1. The van der Waals surface area contributed by atoms with Gasteiger partial charge in [0.05, 0.1) is 9.83 Å². The first kappa shape index (κ1) is 14.0. The lowest BCUT2D eigenvalue weighted by Crippen LogP contribution is -2.24. The van der Waals surface area contributed by atoms with Gasteiger partial charge in [0.2, 0.25) is 5.91 Å². The molecule has 2 aromatic heterocycles. The Labute approximate surface area is 124 Å². The molecule has 19 heavy (non-hydrogen) atoms. The lowest BCUT2D eigenvalue weighted by atomic mass is 10.1. The van der Waals surface area contributed by atoms with E-state index in [1.165, 1.54) is 0 Å². The molecule has 98 valence electrons. The minimum absolute atomic E-state index is 0.0322. The highest BCUT2D eigenvalue weighted by atomic mass is 79.9. The van der Waals surface area contributed by atoms with Crippen molar-refractivity contribution in [1.29, 1.82) is 0 Å². The molecule has 0 fully saturated rings. The van der Waals surface area contributed by atoms with Crippen LogP contribution in [0.25, 0.3) is 6.08 Å². The maximum absolute atomic E-state index is 11.8. The summed E-state index contributed by atoms with van der Waals surface area (Å²) in [6.07, 6.45) is 6.80. The molecule has 1 atom stereocenters. The average Bonchev–Trinajstić information content (AvgIpc) is 2.83. The van der Waals surface area contributed by atoms with Crippen molar-refractivity contribution in [2.45, 2.75) is 13.0 Å². The zero-order chi connectivity index (χ0) is 13.7. The van der Waals surface area contributed by atoms with Gasteiger partial charge < -0.3 is 5.32 Å². The van der Waals surface area contributed by atoms with E-state index < -0.39 is 0 Å². The molecule has 1 N–H and O–H groups in total. The predicted octanol–water partition coefficient (Wildman–Crippen LogP) is 3.80. The number of amides is 1. The van der Waals surface area contributed by atoms with Gasteiger partial charge in [-0.25, -0.2) is 0 Å². The lowest BCUT2D eigenvalue weighted by Gasteiger charge is -2.12. The van der Waals surface area contributed by atoms with Gasteiger partial charge in [-0.3, -0.25) is 9.78 Å². The smallest absolute Gasteiger partial charge is 0.244 e. The second kappa shape index (κ2) is 6.63. The van der Waals surface area contributed by atoms with Gasteiger partial charge in [-0.2, -0.15) is 0 Å². The SMILES string of the molecule is CC(NC(=O)C=Cc1ccc(Br)s1)c1ccncc1. The highest BCUT2D eigenvalue weighted by Gasteiger charge is 2.06. The number of carbonyl (C=O) groups is 1. The van der Waals surface area contributed by atoms with Gasteiger partial charge in [0.1, 0.15) is 0 Å². The Morgan fingerprint density at radius 1 is 1.37 bits per heavy atom. The van der Waals surface area contributed by atoms with E-state index in [0.29, 0.717) is 0 Å². The van der Waals surface area contributed by atoms with E-state index in [0.717, 1.165) is 14.2 Å². The molecule has 3 nitrogen and oxygen atoms in total. The number of pyridine rings is 1. The summed E-state index contributed by atoms with van der Waals surface area (Å²) >= 11 is 4.97. The van der Waals surface area contributed by atoms with Crippen LogP contribution in [-0.4, -0.2) is 10.9 Å². The zero-order valence-electron chi connectivity index (χ0n) is 10.3. The van der Waals surface area contributed by atoms with Crippen LogP contribution in [0.5, 0.6) is 0 Å². The van der Waals surface area contributed by atoms with Crippen molar-refractivity contribution in [1.82, 2.24) is 10.3 Å². The van der Waals surface area contributed by atoms with Crippen LogP contribution in [0.2, 0.25) is 0 Å². The molecule has 0 aliphatic heterocycles. The number of halogens is 1. The highest BCUT2D eigenvalue weighted by molar-refractivity contribution is 9.11. The first-order chi connectivity index (χ1) is 9.15. The Morgan fingerprint density at radius 2 is 2.11 bits per heavy atom. The Kier molecular flexibility index (Phi) is 4.87. The van der Waals surface area contributed by atoms with Gasteiger partial charge in [-0.05, 0) is 58.8 Å². The van der Waals surface area contributed by atoms with Crippen molar-refractivity contribution >= 4 is 39.2 Å². The van der Waals surface area contributed by atoms with Crippen LogP contribution in [0.15, 0.2) is 46.5 Å². The number of carbonyl (C=O) groups excluding carboxylic acids is 1. The molecule has 2 rings (SSSR count). The molecule has 0 aliphatic rings. The van der Waals surface area contributed by atoms with Crippen LogP contribution in [0.3, 0.4) is 0 Å². The molecule has 0 aromatic carbocycles. The fourth-order valence-electron chi connectivity index (χ4n) is 1.57. The van der Waals surface area contributed by atoms with Crippen LogP contribution >= 0.6 is 27.3 Å². The van der Waals surface area contributed by atoms with Crippen LogP contribution < -0.4 is 5.32 Å². The molecular weight excluding hydrogens is 324 g/mol. The number of hydrogen-bond acceptors (Lipinski definition) is 3. The maximum Gasteiger partial charge on any atom is 0.244 e. The van der Waals surface area contributed by atoms with Crippen LogP contribution in [-0.2, 0) is 4.79 Å². The summed E-state index contributed by atoms with van der Waals surface area (Å²) in [6, 6.07) is 7.68. The quantitative estimate of drug-likeness (QED) is 0.863. The molecule has 1 amide bonds. The first-order valence-corrected chi connectivity index (χ1v) is 7.40. The third-order valence-electron chi connectivity index (χ3n) is 2.56. The van der Waals surface area contributed by atoms with Crippen LogP contribution in [0, 0.1) is 0 Å². The van der Waals surface area contributed by atoms with Gasteiger partial charge in [0.25, 0.3) is 0 Å². The zero-order valence-corrected chi connectivity index (χ0v) is 12.7. The van der Waals surface area contributed by atoms with E-state index in [1.54, 1.807) is 29.8 Å². The Balaban J connectivity index is 1.93. The third-order valence-corrected chi connectivity index (χ3v) is 4.15. The van der Waals surface area contributed by atoms with Crippen molar-refractivity contribution in [3.05, 3.63) is 57.0 Å². The minimum Gasteiger partial charge on any atom is -0.346 e. The number of nitrogens with zero attached hydrogens (tertiary/aromatic N) is 1. The van der Waals surface area contributed by atoms with Crippen molar-refractivity contribution in [2.24, 2.45) is 0 Å². The Morgan fingerprint density at radius 3 is 2.74 bits per heavy atom. The van der Waals surface area contributed by atoms with Crippen molar-refractivity contribution in [3.63, 3.8) is 0 Å². The van der Waals surface area contributed by atoms with E-state index in [9.17, 15) is 4.79 Å². The van der Waals surface area contributed by atoms with Gasteiger partial charge in [-0.15, -0.1) is 11.3 Å². The second-order valence-corrected chi connectivity index (χ2v) is 6.48. The van der Waals surface area contributed by atoms with Gasteiger partial charge in [-0.1, -0.05) is 0 Å². The summed E-state index contributed by atoms with van der Waals surface area (Å²) in [7, 11) is 0. The molecule has 0 spiro atoms. The fraction of sp³-hybridized carbons (Fsp3) is 0.143. The molecule has 0 radical (unpaired) electrons. The lowest BCUT2D eigenvalue weighted by molar-refractivity contribution is -0.117. The minimum atomic E-state index is -0.103. The molecule has 0 aliphatic carbocycles. The topological polar surface area (TPSA) is 42.0 Å². The van der Waals surface area contributed by atoms with Crippen molar-refractivity contribution in [3.8, 4) is 0 Å².